The van der Waals surface area contributed by atoms with Crippen molar-refractivity contribution in [3.8, 4) is 21.7 Å². The molecule has 0 aliphatic heterocycles. The summed E-state index contributed by atoms with van der Waals surface area (Å²) in [5.41, 5.74) is 7.81. The summed E-state index contributed by atoms with van der Waals surface area (Å²) in [6.45, 7) is 0. The van der Waals surface area contributed by atoms with Crippen LogP contribution in [0.2, 0.25) is 0 Å². The molecule has 0 unspecified atom stereocenters. The fraction of sp³-hybridized carbons (Fsp3) is 0. The molecule has 0 saturated carbocycles. The Balaban J connectivity index is 1.21. The average molecular weight is 655 g/mol. The molecule has 0 atom stereocenters. The predicted octanol–water partition coefficient (Wildman–Crippen LogP) is 13.7. The molecule has 0 spiro atoms. The highest BCUT2D eigenvalue weighted by Gasteiger charge is 2.22. The summed E-state index contributed by atoms with van der Waals surface area (Å²) in [6, 6.07) is 65.6. The first-order chi connectivity index (χ1) is 24.8. The van der Waals surface area contributed by atoms with Gasteiger partial charge in [-0.05, 0) is 85.2 Å². The summed E-state index contributed by atoms with van der Waals surface area (Å²) in [4.78, 5) is 7.77. The minimum atomic E-state index is 1.00. The van der Waals surface area contributed by atoms with Crippen molar-refractivity contribution in [1.29, 1.82) is 0 Å². The van der Waals surface area contributed by atoms with E-state index in [1.807, 2.05) is 0 Å². The predicted molar refractivity (Wildman–Crippen MR) is 215 cm³/mol. The van der Waals surface area contributed by atoms with Gasteiger partial charge in [-0.1, -0.05) is 146 Å². The maximum Gasteiger partial charge on any atom is 0.124 e. The molecule has 0 bridgehead atoms. The SMILES string of the molecule is c1ccc(-c2nc3c(N(c4ccccc4)c4ccc(-c5cc6ccccc6c6ccccc56)cc4)cc4c5ccccc5ccc4c3s2)cc1. The normalized spacial score (nSPS) is 11.6. The van der Waals surface area contributed by atoms with Crippen LogP contribution >= 0.6 is 11.3 Å². The van der Waals surface area contributed by atoms with Gasteiger partial charge >= 0.3 is 0 Å². The fourth-order valence-electron chi connectivity index (χ4n) is 7.49. The van der Waals surface area contributed by atoms with Crippen LogP contribution in [-0.4, -0.2) is 4.98 Å². The van der Waals surface area contributed by atoms with Crippen LogP contribution in [0.4, 0.5) is 17.1 Å². The van der Waals surface area contributed by atoms with Crippen molar-refractivity contribution in [2.45, 2.75) is 0 Å². The third kappa shape index (κ3) is 4.67. The smallest absolute Gasteiger partial charge is 0.124 e. The molecule has 0 aliphatic carbocycles. The zero-order valence-corrected chi connectivity index (χ0v) is 27.9. The zero-order chi connectivity index (χ0) is 33.0. The van der Waals surface area contributed by atoms with Gasteiger partial charge in [0.15, 0.2) is 0 Å². The second kappa shape index (κ2) is 11.7. The van der Waals surface area contributed by atoms with Gasteiger partial charge in [-0.25, -0.2) is 4.98 Å². The second-order valence-corrected chi connectivity index (χ2v) is 13.7. The Morgan fingerprint density at radius 3 is 1.76 bits per heavy atom. The Bertz CT molecular complexity index is 2860. The number of nitrogens with zero attached hydrogens (tertiary/aromatic N) is 2. The van der Waals surface area contributed by atoms with Crippen LogP contribution in [0.15, 0.2) is 182 Å². The van der Waals surface area contributed by atoms with E-state index >= 15 is 0 Å². The van der Waals surface area contributed by atoms with E-state index < -0.39 is 0 Å². The van der Waals surface area contributed by atoms with Gasteiger partial charge in [0.2, 0.25) is 0 Å². The van der Waals surface area contributed by atoms with Gasteiger partial charge in [-0.15, -0.1) is 11.3 Å². The standard InChI is InChI=1S/C47H30N2S/c1-3-14-33(15-4-1)47-48-45-44(30-43-37-19-9-7-13-31(37)25-28-41(43)46(45)50-47)49(35-17-5-2-6-18-35)36-26-23-32(24-27-36)42-29-34-16-8-10-20-38(34)39-21-11-12-22-40(39)42/h1-30H. The molecular formula is C47H30N2S. The van der Waals surface area contributed by atoms with E-state index in [0.29, 0.717) is 0 Å². The number of benzene rings is 9. The zero-order valence-electron chi connectivity index (χ0n) is 27.1. The molecule has 2 nitrogen and oxygen atoms in total. The Labute approximate surface area is 294 Å². The van der Waals surface area contributed by atoms with Gasteiger partial charge < -0.3 is 4.90 Å². The quantitative estimate of drug-likeness (QED) is 0.172. The topological polar surface area (TPSA) is 16.1 Å². The molecule has 0 radical (unpaired) electrons. The molecule has 0 N–H and O–H groups in total. The van der Waals surface area contributed by atoms with Gasteiger partial charge in [-0.3, -0.25) is 0 Å². The molecule has 1 aromatic heterocycles. The summed E-state index contributed by atoms with van der Waals surface area (Å²) in [5.74, 6) is 0. The first kappa shape index (κ1) is 28.7. The van der Waals surface area contributed by atoms with Crippen LogP contribution in [-0.2, 0) is 0 Å². The molecule has 0 fully saturated rings. The van der Waals surface area contributed by atoms with Crippen LogP contribution in [0.1, 0.15) is 0 Å². The van der Waals surface area contributed by atoms with Crippen molar-refractivity contribution in [3.63, 3.8) is 0 Å². The monoisotopic (exact) mass is 654 g/mol. The van der Waals surface area contributed by atoms with E-state index in [-0.39, 0.29) is 0 Å². The van der Waals surface area contributed by atoms with Crippen molar-refractivity contribution < 1.29 is 0 Å². The first-order valence-corrected chi connectivity index (χ1v) is 17.8. The lowest BCUT2D eigenvalue weighted by molar-refractivity contribution is 1.29. The Morgan fingerprint density at radius 1 is 0.400 bits per heavy atom. The summed E-state index contributed by atoms with van der Waals surface area (Å²) in [6.07, 6.45) is 0. The van der Waals surface area contributed by atoms with Crippen molar-refractivity contribution >= 4 is 81.7 Å². The highest BCUT2D eigenvalue weighted by molar-refractivity contribution is 7.22. The van der Waals surface area contributed by atoms with E-state index in [1.165, 1.54) is 58.9 Å². The van der Waals surface area contributed by atoms with E-state index in [2.05, 4.69) is 187 Å². The number of hydrogen-bond acceptors (Lipinski definition) is 3. The second-order valence-electron chi connectivity index (χ2n) is 12.7. The van der Waals surface area contributed by atoms with Crippen molar-refractivity contribution in [1.82, 2.24) is 4.98 Å². The van der Waals surface area contributed by atoms with Gasteiger partial charge in [0.05, 0.1) is 10.4 Å². The lowest BCUT2D eigenvalue weighted by Crippen LogP contribution is -2.10. The Kier molecular flexibility index (Phi) is 6.71. The lowest BCUT2D eigenvalue weighted by atomic mass is 9.93. The fourth-order valence-corrected chi connectivity index (χ4v) is 8.61. The van der Waals surface area contributed by atoms with Gasteiger partial charge in [0.1, 0.15) is 10.5 Å². The van der Waals surface area contributed by atoms with Crippen molar-refractivity contribution in [3.05, 3.63) is 182 Å². The molecule has 9 aromatic carbocycles. The van der Waals surface area contributed by atoms with E-state index in [4.69, 9.17) is 4.98 Å². The summed E-state index contributed by atoms with van der Waals surface area (Å²) < 4.78 is 1.20. The third-order valence-corrected chi connectivity index (χ3v) is 11.0. The number of hydrogen-bond donors (Lipinski definition) is 0. The molecule has 0 aliphatic rings. The number of para-hydroxylation sites is 1. The molecule has 234 valence electrons. The molecule has 10 rings (SSSR count). The molecule has 3 heteroatoms. The number of anilines is 3. The van der Waals surface area contributed by atoms with Crippen LogP contribution in [0, 0.1) is 0 Å². The Hall–Kier alpha value is -6.29. The molecule has 10 aromatic rings. The molecular weight excluding hydrogens is 625 g/mol. The van der Waals surface area contributed by atoms with Gasteiger partial charge in [-0.2, -0.15) is 0 Å². The van der Waals surface area contributed by atoms with E-state index in [1.54, 1.807) is 11.3 Å². The highest BCUT2D eigenvalue weighted by atomic mass is 32.1. The number of aromatic nitrogens is 1. The minimum absolute atomic E-state index is 1.00. The minimum Gasteiger partial charge on any atom is -0.308 e. The molecule has 50 heavy (non-hydrogen) atoms. The van der Waals surface area contributed by atoms with Crippen LogP contribution in [0.5, 0.6) is 0 Å². The summed E-state index contributed by atoms with van der Waals surface area (Å²) in [7, 11) is 0. The molecule has 1 heterocycles. The lowest BCUT2D eigenvalue weighted by Gasteiger charge is -2.26. The average Bonchev–Trinajstić information content (AvgIpc) is 3.65. The first-order valence-electron chi connectivity index (χ1n) is 17.0. The number of rotatable bonds is 5. The maximum atomic E-state index is 5.39. The van der Waals surface area contributed by atoms with Crippen LogP contribution in [0.3, 0.4) is 0 Å². The summed E-state index contributed by atoms with van der Waals surface area (Å²) >= 11 is 1.77. The number of fused-ring (bicyclic) bond motifs is 8. The third-order valence-electron chi connectivity index (χ3n) is 9.85. The van der Waals surface area contributed by atoms with Crippen molar-refractivity contribution in [2.24, 2.45) is 0 Å². The van der Waals surface area contributed by atoms with E-state index in [9.17, 15) is 0 Å². The largest absolute Gasteiger partial charge is 0.308 e. The van der Waals surface area contributed by atoms with Crippen LogP contribution < -0.4 is 4.90 Å². The maximum absolute atomic E-state index is 5.39. The van der Waals surface area contributed by atoms with Crippen LogP contribution in [0.25, 0.3) is 75.0 Å². The van der Waals surface area contributed by atoms with Gasteiger partial charge in [0, 0.05) is 22.3 Å². The Morgan fingerprint density at radius 2 is 1.00 bits per heavy atom. The molecule has 0 saturated heterocycles. The summed E-state index contributed by atoms with van der Waals surface area (Å²) in [5, 5.41) is 11.0. The van der Waals surface area contributed by atoms with Gasteiger partial charge in [0.25, 0.3) is 0 Å². The van der Waals surface area contributed by atoms with E-state index in [0.717, 1.165) is 33.1 Å². The number of thiazole rings is 1. The molecule has 0 amide bonds. The highest BCUT2D eigenvalue weighted by Crippen LogP contribution is 2.47. The van der Waals surface area contributed by atoms with Crippen molar-refractivity contribution in [2.75, 3.05) is 4.90 Å².